The summed E-state index contributed by atoms with van der Waals surface area (Å²) in [5, 5.41) is 3.45. The molecule has 24 heavy (non-hydrogen) atoms. The van der Waals surface area contributed by atoms with Crippen LogP contribution < -0.4 is 5.32 Å². The van der Waals surface area contributed by atoms with Crippen LogP contribution in [0.1, 0.15) is 11.5 Å². The number of aromatic nitrogens is 2. The van der Waals surface area contributed by atoms with Gasteiger partial charge in [0, 0.05) is 46.9 Å². The van der Waals surface area contributed by atoms with E-state index in [0.717, 1.165) is 22.2 Å². The van der Waals surface area contributed by atoms with Gasteiger partial charge in [0.2, 0.25) is 0 Å². The molecule has 7 heteroatoms. The van der Waals surface area contributed by atoms with E-state index >= 15 is 0 Å². The van der Waals surface area contributed by atoms with Gasteiger partial charge in [-0.05, 0) is 19.1 Å². The number of fused-ring (bicyclic) bond motifs is 1. The Morgan fingerprint density at radius 3 is 2.88 bits per heavy atom. The minimum Gasteiger partial charge on any atom is -0.456 e. The lowest BCUT2D eigenvalue weighted by molar-refractivity contribution is -0.115. The number of nitrogens with zero attached hydrogens (tertiary/aromatic N) is 2. The average Bonchev–Trinajstić information content (AvgIpc) is 3.10. The molecule has 1 N–H and O–H groups in total. The molecule has 0 aromatic carbocycles. The van der Waals surface area contributed by atoms with Crippen molar-refractivity contribution in [2.24, 2.45) is 0 Å². The highest BCUT2D eigenvalue weighted by Gasteiger charge is 2.22. The molecule has 3 aromatic rings. The fraction of sp³-hybridized carbons (Fsp3) is 0.0588. The van der Waals surface area contributed by atoms with Gasteiger partial charge in [0.1, 0.15) is 15.7 Å². The van der Waals surface area contributed by atoms with Crippen LogP contribution in [0, 0.1) is 6.92 Å². The van der Waals surface area contributed by atoms with Crippen molar-refractivity contribution in [2.75, 3.05) is 0 Å². The second-order valence-electron chi connectivity index (χ2n) is 5.29. The summed E-state index contributed by atoms with van der Waals surface area (Å²) in [7, 11) is 0. The molecule has 0 saturated carbocycles. The van der Waals surface area contributed by atoms with Crippen molar-refractivity contribution in [1.82, 2.24) is 15.3 Å². The Labute approximate surface area is 147 Å². The van der Waals surface area contributed by atoms with Crippen LogP contribution in [0.15, 0.2) is 46.1 Å². The van der Waals surface area contributed by atoms with E-state index in [1.54, 1.807) is 24.7 Å². The summed E-state index contributed by atoms with van der Waals surface area (Å²) in [6.07, 6.45) is 6.97. The Kier molecular flexibility index (Phi) is 3.66. The fourth-order valence-corrected chi connectivity index (χ4v) is 3.46. The maximum absolute atomic E-state index is 11.8. The molecule has 1 aliphatic heterocycles. The number of nitrogens with one attached hydrogen (secondary N) is 1. The number of pyridine rings is 2. The highest BCUT2D eigenvalue weighted by atomic mass is 32.2. The first-order chi connectivity index (χ1) is 11.6. The number of thioether (sulfide) groups is 1. The molecule has 0 atom stereocenters. The smallest absolute Gasteiger partial charge is 0.263 e. The van der Waals surface area contributed by atoms with Crippen LogP contribution in [0.25, 0.3) is 28.2 Å². The molecule has 1 amide bonds. The average molecular weight is 353 g/mol. The Hall–Kier alpha value is -2.51. The fourth-order valence-electron chi connectivity index (χ4n) is 2.44. The molecule has 0 radical (unpaired) electrons. The Balaban J connectivity index is 1.80. The zero-order valence-corrected chi connectivity index (χ0v) is 14.2. The molecule has 0 aliphatic carbocycles. The van der Waals surface area contributed by atoms with E-state index < -0.39 is 0 Å². The molecule has 118 valence electrons. The van der Waals surface area contributed by atoms with Crippen molar-refractivity contribution >= 4 is 51.3 Å². The van der Waals surface area contributed by atoms with Crippen molar-refractivity contribution in [3.05, 3.63) is 53.1 Å². The predicted octanol–water partition coefficient (Wildman–Crippen LogP) is 3.69. The molecule has 5 nitrogen and oxygen atoms in total. The number of carbonyl (C=O) groups excluding carboxylic acids is 1. The molecule has 0 bridgehead atoms. The van der Waals surface area contributed by atoms with Crippen LogP contribution in [0.3, 0.4) is 0 Å². The van der Waals surface area contributed by atoms with Crippen LogP contribution in [-0.2, 0) is 4.79 Å². The SMILES string of the molecule is Cc1ccc(-c2cncc3cc(/C=C4\SC(=S)NC4=O)oc23)cn1. The minimum atomic E-state index is -0.202. The summed E-state index contributed by atoms with van der Waals surface area (Å²) in [5.41, 5.74) is 3.46. The first-order valence-corrected chi connectivity index (χ1v) is 8.38. The molecular weight excluding hydrogens is 342 g/mol. The number of amides is 1. The maximum atomic E-state index is 11.8. The van der Waals surface area contributed by atoms with E-state index in [-0.39, 0.29) is 5.91 Å². The number of hydrogen-bond acceptors (Lipinski definition) is 6. The van der Waals surface area contributed by atoms with E-state index in [9.17, 15) is 4.79 Å². The summed E-state index contributed by atoms with van der Waals surface area (Å²) in [5.74, 6) is 0.383. The Bertz CT molecular complexity index is 1010. The number of thiocarbonyl (C=S) groups is 1. The monoisotopic (exact) mass is 353 g/mol. The third-order valence-corrected chi connectivity index (χ3v) is 4.74. The summed E-state index contributed by atoms with van der Waals surface area (Å²) in [6.45, 7) is 1.94. The molecule has 1 saturated heterocycles. The first kappa shape index (κ1) is 15.0. The molecule has 3 aromatic heterocycles. The number of carbonyl (C=O) groups is 1. The van der Waals surface area contributed by atoms with Gasteiger partial charge in [0.25, 0.3) is 5.91 Å². The summed E-state index contributed by atoms with van der Waals surface area (Å²) < 4.78 is 6.40. The summed E-state index contributed by atoms with van der Waals surface area (Å²) in [4.78, 5) is 20.9. The first-order valence-electron chi connectivity index (χ1n) is 7.15. The van der Waals surface area contributed by atoms with E-state index in [0.29, 0.717) is 20.6 Å². The minimum absolute atomic E-state index is 0.202. The lowest BCUT2D eigenvalue weighted by atomic mass is 10.1. The van der Waals surface area contributed by atoms with Gasteiger partial charge in [-0.15, -0.1) is 0 Å². The van der Waals surface area contributed by atoms with Gasteiger partial charge in [0.05, 0.1) is 4.91 Å². The van der Waals surface area contributed by atoms with Crippen molar-refractivity contribution in [1.29, 1.82) is 0 Å². The lowest BCUT2D eigenvalue weighted by Gasteiger charge is -2.01. The molecule has 0 spiro atoms. The summed E-state index contributed by atoms with van der Waals surface area (Å²) >= 11 is 6.22. The van der Waals surface area contributed by atoms with Crippen molar-refractivity contribution in [3.63, 3.8) is 0 Å². The van der Waals surface area contributed by atoms with Gasteiger partial charge < -0.3 is 9.73 Å². The van der Waals surface area contributed by atoms with Gasteiger partial charge in [-0.25, -0.2) is 0 Å². The number of furan rings is 1. The van der Waals surface area contributed by atoms with Crippen LogP contribution in [0.4, 0.5) is 0 Å². The number of aryl methyl sites for hydroxylation is 1. The molecule has 1 fully saturated rings. The second-order valence-corrected chi connectivity index (χ2v) is 7.01. The second kappa shape index (κ2) is 5.85. The Morgan fingerprint density at radius 2 is 2.17 bits per heavy atom. The molecule has 1 aliphatic rings. The van der Waals surface area contributed by atoms with Crippen LogP contribution in [-0.4, -0.2) is 20.2 Å². The van der Waals surface area contributed by atoms with Crippen molar-refractivity contribution in [3.8, 4) is 11.1 Å². The van der Waals surface area contributed by atoms with Gasteiger partial charge in [0.15, 0.2) is 0 Å². The van der Waals surface area contributed by atoms with Gasteiger partial charge in [-0.3, -0.25) is 14.8 Å². The Morgan fingerprint density at radius 1 is 1.29 bits per heavy atom. The summed E-state index contributed by atoms with van der Waals surface area (Å²) in [6, 6.07) is 5.79. The molecular formula is C17H11N3O2S2. The maximum Gasteiger partial charge on any atom is 0.263 e. The zero-order chi connectivity index (χ0) is 16.7. The van der Waals surface area contributed by atoms with E-state index in [1.807, 2.05) is 25.1 Å². The van der Waals surface area contributed by atoms with Crippen LogP contribution >= 0.6 is 24.0 Å². The van der Waals surface area contributed by atoms with E-state index in [1.165, 1.54) is 11.8 Å². The molecule has 4 heterocycles. The van der Waals surface area contributed by atoms with Gasteiger partial charge >= 0.3 is 0 Å². The van der Waals surface area contributed by atoms with Crippen LogP contribution in [0.5, 0.6) is 0 Å². The van der Waals surface area contributed by atoms with Crippen molar-refractivity contribution in [2.45, 2.75) is 6.92 Å². The third-order valence-electron chi connectivity index (χ3n) is 3.58. The highest BCUT2D eigenvalue weighted by Crippen LogP contribution is 2.32. The molecule has 0 unspecified atom stereocenters. The topological polar surface area (TPSA) is 68.0 Å². The largest absolute Gasteiger partial charge is 0.456 e. The number of hydrogen-bond donors (Lipinski definition) is 1. The normalized spacial score (nSPS) is 16.1. The number of rotatable bonds is 2. The predicted molar refractivity (Wildman–Crippen MR) is 98.3 cm³/mol. The van der Waals surface area contributed by atoms with Crippen LogP contribution in [0.2, 0.25) is 0 Å². The molecule has 4 rings (SSSR count). The van der Waals surface area contributed by atoms with Gasteiger partial charge in [-0.1, -0.05) is 30.0 Å². The van der Waals surface area contributed by atoms with E-state index in [2.05, 4.69) is 15.3 Å². The zero-order valence-electron chi connectivity index (χ0n) is 12.6. The third kappa shape index (κ3) is 2.72. The lowest BCUT2D eigenvalue weighted by Crippen LogP contribution is -2.17. The quantitative estimate of drug-likeness (QED) is 0.560. The van der Waals surface area contributed by atoms with E-state index in [4.69, 9.17) is 16.6 Å². The highest BCUT2D eigenvalue weighted by molar-refractivity contribution is 8.26. The van der Waals surface area contributed by atoms with Gasteiger partial charge in [-0.2, -0.15) is 0 Å². The standard InChI is InChI=1S/C17H11N3O2S2/c1-9-2-3-10(7-19-9)13-8-18-6-11-4-12(22-15(11)13)5-14-16(21)20-17(23)24-14/h2-8H,1H3,(H,20,21,23)/b14-5-. The van der Waals surface area contributed by atoms with Crippen molar-refractivity contribution < 1.29 is 9.21 Å².